The lowest BCUT2D eigenvalue weighted by molar-refractivity contribution is 1.22. The van der Waals surface area contributed by atoms with Gasteiger partial charge in [0, 0.05) is 27.4 Å². The summed E-state index contributed by atoms with van der Waals surface area (Å²) in [5, 5.41) is 1.23. The number of rotatable bonds is 3. The highest BCUT2D eigenvalue weighted by atomic mass is 32.2. The minimum atomic E-state index is 0.818. The lowest BCUT2D eigenvalue weighted by Gasteiger charge is -2.10. The number of pyridine rings is 1. The highest BCUT2D eigenvalue weighted by Crippen LogP contribution is 2.30. The summed E-state index contributed by atoms with van der Waals surface area (Å²) < 4.78 is 0. The maximum Gasteiger partial charge on any atom is 0.0708 e. The number of nitrogens with two attached hydrogens (primary N) is 1. The Kier molecular flexibility index (Phi) is 3.84. The zero-order valence-corrected chi connectivity index (χ0v) is 13.1. The average Bonchev–Trinajstić information content (AvgIpc) is 2.47. The van der Waals surface area contributed by atoms with Gasteiger partial charge >= 0.3 is 0 Å². The Morgan fingerprint density at radius 1 is 1.05 bits per heavy atom. The number of anilines is 1. The van der Waals surface area contributed by atoms with Gasteiger partial charge in [0.15, 0.2) is 0 Å². The van der Waals surface area contributed by atoms with Crippen molar-refractivity contribution in [3.63, 3.8) is 0 Å². The molecule has 0 unspecified atom stereocenters. The molecule has 2 N–H and O–H groups in total. The standard InChI is InChI=1S/C18H18N2S/c1-12-7-8-15(19)10-18(12)21-11-14-9-13(2)20-17-6-4-3-5-16(14)17/h3-10H,11,19H2,1-2H3. The van der Waals surface area contributed by atoms with Crippen LogP contribution >= 0.6 is 11.8 Å². The van der Waals surface area contributed by atoms with Crippen LogP contribution in [-0.4, -0.2) is 4.98 Å². The van der Waals surface area contributed by atoms with E-state index in [-0.39, 0.29) is 0 Å². The van der Waals surface area contributed by atoms with E-state index in [1.54, 1.807) is 0 Å². The summed E-state index contributed by atoms with van der Waals surface area (Å²) in [5.74, 6) is 0.925. The molecule has 0 radical (unpaired) electrons. The number of nitrogens with zero attached hydrogens (tertiary/aromatic N) is 1. The SMILES string of the molecule is Cc1cc(CSc2cc(N)ccc2C)c2ccccc2n1. The van der Waals surface area contributed by atoms with Crippen LogP contribution in [0.2, 0.25) is 0 Å². The van der Waals surface area contributed by atoms with Gasteiger partial charge in [0.05, 0.1) is 5.52 Å². The van der Waals surface area contributed by atoms with Gasteiger partial charge < -0.3 is 5.73 Å². The first-order valence-corrected chi connectivity index (χ1v) is 7.96. The second-order valence-electron chi connectivity index (χ2n) is 5.25. The molecule has 0 bridgehead atoms. The van der Waals surface area contributed by atoms with Crippen LogP contribution in [0.5, 0.6) is 0 Å². The summed E-state index contributed by atoms with van der Waals surface area (Å²) >= 11 is 1.83. The van der Waals surface area contributed by atoms with Crippen LogP contribution in [0.1, 0.15) is 16.8 Å². The first kappa shape index (κ1) is 14.0. The number of hydrogen-bond donors (Lipinski definition) is 1. The third-order valence-electron chi connectivity index (χ3n) is 3.53. The summed E-state index contributed by atoms with van der Waals surface area (Å²) in [6.07, 6.45) is 0. The van der Waals surface area contributed by atoms with Crippen molar-refractivity contribution >= 4 is 28.4 Å². The van der Waals surface area contributed by atoms with E-state index in [2.05, 4.69) is 48.3 Å². The van der Waals surface area contributed by atoms with Gasteiger partial charge in [0.2, 0.25) is 0 Å². The van der Waals surface area contributed by atoms with Crippen molar-refractivity contribution in [2.24, 2.45) is 0 Å². The van der Waals surface area contributed by atoms with E-state index in [4.69, 9.17) is 5.73 Å². The smallest absolute Gasteiger partial charge is 0.0708 e. The van der Waals surface area contributed by atoms with Crippen LogP contribution in [0, 0.1) is 13.8 Å². The normalized spacial score (nSPS) is 11.0. The molecular weight excluding hydrogens is 276 g/mol. The summed E-state index contributed by atoms with van der Waals surface area (Å²) in [6.45, 7) is 4.17. The molecule has 21 heavy (non-hydrogen) atoms. The number of benzene rings is 2. The molecule has 3 heteroatoms. The highest BCUT2D eigenvalue weighted by molar-refractivity contribution is 7.98. The van der Waals surface area contributed by atoms with Gasteiger partial charge in [-0.2, -0.15) is 0 Å². The molecule has 0 spiro atoms. The van der Waals surface area contributed by atoms with Crippen LogP contribution in [0.3, 0.4) is 0 Å². The van der Waals surface area contributed by atoms with E-state index in [0.717, 1.165) is 22.7 Å². The third-order valence-corrected chi connectivity index (χ3v) is 4.73. The minimum absolute atomic E-state index is 0.818. The average molecular weight is 294 g/mol. The Bertz CT molecular complexity index is 796. The first-order valence-electron chi connectivity index (χ1n) is 6.97. The fourth-order valence-electron chi connectivity index (χ4n) is 2.44. The fourth-order valence-corrected chi connectivity index (χ4v) is 3.51. The molecule has 0 atom stereocenters. The molecule has 106 valence electrons. The van der Waals surface area contributed by atoms with Crippen LogP contribution in [0.25, 0.3) is 10.9 Å². The van der Waals surface area contributed by atoms with Crippen molar-refractivity contribution in [2.45, 2.75) is 24.5 Å². The quantitative estimate of drug-likeness (QED) is 0.561. The molecule has 0 saturated carbocycles. The number of thioether (sulfide) groups is 1. The Labute approximate surface area is 129 Å². The molecule has 2 nitrogen and oxygen atoms in total. The topological polar surface area (TPSA) is 38.9 Å². The van der Waals surface area contributed by atoms with E-state index in [9.17, 15) is 0 Å². The maximum absolute atomic E-state index is 5.89. The second-order valence-corrected chi connectivity index (χ2v) is 6.27. The van der Waals surface area contributed by atoms with Crippen LogP contribution in [0.4, 0.5) is 5.69 Å². The molecule has 1 heterocycles. The predicted molar refractivity (Wildman–Crippen MR) is 91.6 cm³/mol. The summed E-state index contributed by atoms with van der Waals surface area (Å²) in [7, 11) is 0. The van der Waals surface area contributed by atoms with Crippen molar-refractivity contribution < 1.29 is 0 Å². The van der Waals surface area contributed by atoms with Crippen molar-refractivity contribution in [1.82, 2.24) is 4.98 Å². The van der Waals surface area contributed by atoms with E-state index >= 15 is 0 Å². The second kappa shape index (κ2) is 5.78. The Morgan fingerprint density at radius 2 is 1.86 bits per heavy atom. The number of hydrogen-bond acceptors (Lipinski definition) is 3. The summed E-state index contributed by atoms with van der Waals surface area (Å²) in [5.41, 5.74) is 11.4. The zero-order chi connectivity index (χ0) is 14.8. The molecule has 0 amide bonds. The first-order chi connectivity index (χ1) is 10.1. The van der Waals surface area contributed by atoms with Gasteiger partial charge in [-0.15, -0.1) is 11.8 Å². The summed E-state index contributed by atoms with van der Waals surface area (Å²) in [6, 6.07) is 16.6. The number of aromatic nitrogens is 1. The molecule has 0 aliphatic rings. The highest BCUT2D eigenvalue weighted by Gasteiger charge is 2.06. The molecular formula is C18H18N2S. The van der Waals surface area contributed by atoms with Gasteiger partial charge in [-0.25, -0.2) is 0 Å². The Morgan fingerprint density at radius 3 is 2.71 bits per heavy atom. The van der Waals surface area contributed by atoms with Crippen molar-refractivity contribution in [1.29, 1.82) is 0 Å². The molecule has 0 aliphatic carbocycles. The predicted octanol–water partition coefficient (Wildman–Crippen LogP) is 4.73. The largest absolute Gasteiger partial charge is 0.399 e. The Balaban J connectivity index is 1.93. The molecule has 0 fully saturated rings. The monoisotopic (exact) mass is 294 g/mol. The van der Waals surface area contributed by atoms with Crippen LogP contribution < -0.4 is 5.73 Å². The van der Waals surface area contributed by atoms with E-state index in [1.165, 1.54) is 21.4 Å². The molecule has 3 aromatic rings. The molecule has 0 aliphatic heterocycles. The van der Waals surface area contributed by atoms with Crippen molar-refractivity contribution in [3.8, 4) is 0 Å². The van der Waals surface area contributed by atoms with Gasteiger partial charge in [-0.1, -0.05) is 24.3 Å². The van der Waals surface area contributed by atoms with Gasteiger partial charge in [-0.3, -0.25) is 4.98 Å². The molecule has 1 aromatic heterocycles. The zero-order valence-electron chi connectivity index (χ0n) is 12.3. The Hall–Kier alpha value is -2.00. The molecule has 0 saturated heterocycles. The van der Waals surface area contributed by atoms with E-state index in [0.29, 0.717) is 0 Å². The van der Waals surface area contributed by atoms with Crippen LogP contribution in [-0.2, 0) is 5.75 Å². The number of fused-ring (bicyclic) bond motifs is 1. The van der Waals surface area contributed by atoms with Crippen molar-refractivity contribution in [3.05, 3.63) is 65.4 Å². The lowest BCUT2D eigenvalue weighted by atomic mass is 10.1. The number of aryl methyl sites for hydroxylation is 2. The van der Waals surface area contributed by atoms with Crippen molar-refractivity contribution in [2.75, 3.05) is 5.73 Å². The molecule has 2 aromatic carbocycles. The fraction of sp³-hybridized carbons (Fsp3) is 0.167. The summed E-state index contributed by atoms with van der Waals surface area (Å²) in [4.78, 5) is 5.84. The van der Waals surface area contributed by atoms with Gasteiger partial charge in [0.25, 0.3) is 0 Å². The minimum Gasteiger partial charge on any atom is -0.399 e. The lowest BCUT2D eigenvalue weighted by Crippen LogP contribution is -1.92. The van der Waals surface area contributed by atoms with E-state index < -0.39 is 0 Å². The molecule has 3 rings (SSSR count). The van der Waals surface area contributed by atoms with E-state index in [1.807, 2.05) is 30.8 Å². The number of nitrogen functional groups attached to an aromatic ring is 1. The van der Waals surface area contributed by atoms with Crippen LogP contribution in [0.15, 0.2) is 53.4 Å². The van der Waals surface area contributed by atoms with Gasteiger partial charge in [0.1, 0.15) is 0 Å². The third kappa shape index (κ3) is 3.03. The maximum atomic E-state index is 5.89. The van der Waals surface area contributed by atoms with Gasteiger partial charge in [-0.05, 0) is 49.2 Å². The number of para-hydroxylation sites is 1.